The summed E-state index contributed by atoms with van der Waals surface area (Å²) in [5, 5.41) is 6.46. The molecule has 1 aromatic heterocycles. The van der Waals surface area contributed by atoms with E-state index in [1.165, 1.54) is 13.2 Å². The Morgan fingerprint density at radius 3 is 2.78 bits per heavy atom. The van der Waals surface area contributed by atoms with E-state index < -0.39 is 11.7 Å². The number of nitrogens with one attached hydrogen (secondary N) is 1. The van der Waals surface area contributed by atoms with Gasteiger partial charge in [-0.2, -0.15) is 0 Å². The highest BCUT2D eigenvalue weighted by Gasteiger charge is 2.30. The topological polar surface area (TPSA) is 93.9 Å². The number of methoxy groups -OCH3 is 1. The Kier molecular flexibility index (Phi) is 5.71. The van der Waals surface area contributed by atoms with Crippen LogP contribution in [0.5, 0.6) is 0 Å². The number of aldehydes is 1. The first-order valence-electron chi connectivity index (χ1n) is 8.70. The predicted octanol–water partition coefficient (Wildman–Crippen LogP) is 1.77. The van der Waals surface area contributed by atoms with E-state index in [0.29, 0.717) is 26.0 Å². The molecular weight excluding hydrogens is 357 g/mol. The zero-order chi connectivity index (χ0) is 19.6. The Labute approximate surface area is 155 Å². The molecule has 27 heavy (non-hydrogen) atoms. The van der Waals surface area contributed by atoms with Crippen LogP contribution in [-0.4, -0.2) is 62.9 Å². The van der Waals surface area contributed by atoms with E-state index in [2.05, 4.69) is 10.5 Å². The van der Waals surface area contributed by atoms with Crippen LogP contribution in [0.15, 0.2) is 10.6 Å². The minimum Gasteiger partial charge on any atom is -0.383 e. The summed E-state index contributed by atoms with van der Waals surface area (Å²) in [5.74, 6) is -1.23. The fourth-order valence-electron chi connectivity index (χ4n) is 3.33. The number of morpholine rings is 1. The number of fused-ring (bicyclic) bond motifs is 1. The molecule has 8 nitrogen and oxygen atoms in total. The first kappa shape index (κ1) is 19.2. The average Bonchev–Trinajstić information content (AvgIpc) is 3.05. The van der Waals surface area contributed by atoms with Crippen molar-refractivity contribution in [2.24, 2.45) is 0 Å². The van der Waals surface area contributed by atoms with Crippen LogP contribution in [0.1, 0.15) is 34.7 Å². The molecule has 2 heterocycles. The monoisotopic (exact) mass is 379 g/mol. The van der Waals surface area contributed by atoms with Crippen LogP contribution in [0.4, 0.5) is 10.1 Å². The van der Waals surface area contributed by atoms with E-state index >= 15 is 4.39 Å². The van der Waals surface area contributed by atoms with Gasteiger partial charge in [0.1, 0.15) is 0 Å². The molecule has 9 heteroatoms. The van der Waals surface area contributed by atoms with Crippen LogP contribution in [-0.2, 0) is 9.47 Å². The molecule has 2 aromatic rings. The van der Waals surface area contributed by atoms with Crippen LogP contribution in [0.25, 0.3) is 11.0 Å². The summed E-state index contributed by atoms with van der Waals surface area (Å²) >= 11 is 0. The van der Waals surface area contributed by atoms with Crippen LogP contribution in [0, 0.1) is 5.82 Å². The molecule has 2 atom stereocenters. The summed E-state index contributed by atoms with van der Waals surface area (Å²) in [5.41, 5.74) is 0.0510. The lowest BCUT2D eigenvalue weighted by Crippen LogP contribution is -2.46. The Morgan fingerprint density at radius 2 is 2.15 bits per heavy atom. The lowest BCUT2D eigenvalue weighted by Gasteiger charge is -2.37. The molecule has 0 spiro atoms. The molecule has 1 fully saturated rings. The zero-order valence-corrected chi connectivity index (χ0v) is 15.5. The van der Waals surface area contributed by atoms with Crippen molar-refractivity contribution >= 4 is 28.8 Å². The van der Waals surface area contributed by atoms with Gasteiger partial charge in [0.2, 0.25) is 5.58 Å². The normalized spacial score (nSPS) is 20.1. The van der Waals surface area contributed by atoms with Crippen molar-refractivity contribution in [3.63, 3.8) is 0 Å². The van der Waals surface area contributed by atoms with Gasteiger partial charge in [0, 0.05) is 32.3 Å². The second-order valence-corrected chi connectivity index (χ2v) is 6.57. The number of nitrogens with zero attached hydrogens (tertiary/aromatic N) is 2. The van der Waals surface area contributed by atoms with E-state index in [0.717, 1.165) is 0 Å². The maximum atomic E-state index is 15.2. The number of rotatable bonds is 6. The third-order valence-corrected chi connectivity index (χ3v) is 4.38. The van der Waals surface area contributed by atoms with E-state index in [1.54, 1.807) is 4.90 Å². The minimum atomic E-state index is -0.709. The van der Waals surface area contributed by atoms with E-state index in [4.69, 9.17) is 14.0 Å². The number of amides is 1. The standard InChI is InChI=1S/C18H22FN3O5/c1-10-7-22(8-11(2)26-10)16-12(9-23)6-13-15(18(24)20-4-5-25-3)21-27-17(13)14(16)19/h6,9-11H,4-5,7-8H2,1-3H3,(H,20,24). The fourth-order valence-corrected chi connectivity index (χ4v) is 3.33. The molecule has 146 valence electrons. The summed E-state index contributed by atoms with van der Waals surface area (Å²) in [6.45, 7) is 5.24. The van der Waals surface area contributed by atoms with Crippen molar-refractivity contribution in [1.29, 1.82) is 0 Å². The third kappa shape index (κ3) is 3.79. The van der Waals surface area contributed by atoms with Gasteiger partial charge in [-0.05, 0) is 19.9 Å². The predicted molar refractivity (Wildman–Crippen MR) is 95.8 cm³/mol. The highest BCUT2D eigenvalue weighted by molar-refractivity contribution is 6.06. The van der Waals surface area contributed by atoms with Crippen LogP contribution in [0.2, 0.25) is 0 Å². The third-order valence-electron chi connectivity index (χ3n) is 4.38. The number of ether oxygens (including phenoxy) is 2. The van der Waals surface area contributed by atoms with Gasteiger partial charge in [0.25, 0.3) is 5.91 Å². The maximum absolute atomic E-state index is 15.2. The van der Waals surface area contributed by atoms with Crippen molar-refractivity contribution in [3.05, 3.63) is 23.1 Å². The highest BCUT2D eigenvalue weighted by atomic mass is 19.1. The van der Waals surface area contributed by atoms with Gasteiger partial charge in [0.05, 0.1) is 29.9 Å². The van der Waals surface area contributed by atoms with Crippen molar-refractivity contribution in [2.75, 3.05) is 38.3 Å². The zero-order valence-electron chi connectivity index (χ0n) is 15.5. The van der Waals surface area contributed by atoms with Crippen molar-refractivity contribution in [3.8, 4) is 0 Å². The number of hydrogen-bond donors (Lipinski definition) is 1. The smallest absolute Gasteiger partial charge is 0.274 e. The van der Waals surface area contributed by atoms with Gasteiger partial charge in [-0.25, -0.2) is 4.39 Å². The number of aromatic nitrogens is 1. The number of benzene rings is 1. The van der Waals surface area contributed by atoms with Gasteiger partial charge < -0.3 is 24.2 Å². The summed E-state index contributed by atoms with van der Waals surface area (Å²) < 4.78 is 30.9. The molecule has 2 unspecified atom stereocenters. The summed E-state index contributed by atoms with van der Waals surface area (Å²) in [6.07, 6.45) is 0.350. The second-order valence-electron chi connectivity index (χ2n) is 6.57. The molecule has 1 N–H and O–H groups in total. The van der Waals surface area contributed by atoms with Crippen molar-refractivity contribution in [1.82, 2.24) is 10.5 Å². The number of anilines is 1. The molecule has 3 rings (SSSR count). The summed E-state index contributed by atoms with van der Waals surface area (Å²) in [6, 6.07) is 1.44. The fraction of sp³-hybridized carbons (Fsp3) is 0.500. The molecule has 0 aliphatic carbocycles. The SMILES string of the molecule is COCCNC(=O)c1noc2c(F)c(N3CC(C)OC(C)C3)c(C=O)cc12. The summed E-state index contributed by atoms with van der Waals surface area (Å²) in [7, 11) is 1.51. The van der Waals surface area contributed by atoms with E-state index in [9.17, 15) is 9.59 Å². The first-order valence-corrected chi connectivity index (χ1v) is 8.70. The van der Waals surface area contributed by atoms with Crippen LogP contribution in [0.3, 0.4) is 0 Å². The van der Waals surface area contributed by atoms with Gasteiger partial charge in [-0.3, -0.25) is 9.59 Å². The number of carbonyl (C=O) groups is 2. The van der Waals surface area contributed by atoms with Crippen molar-refractivity contribution < 1.29 is 28.0 Å². The molecule has 1 saturated heterocycles. The number of carbonyl (C=O) groups excluding carboxylic acids is 2. The summed E-state index contributed by atoms with van der Waals surface area (Å²) in [4.78, 5) is 25.7. The maximum Gasteiger partial charge on any atom is 0.274 e. The molecular formula is C18H22FN3O5. The van der Waals surface area contributed by atoms with E-state index in [1.807, 2.05) is 13.8 Å². The molecule has 1 amide bonds. The van der Waals surface area contributed by atoms with Gasteiger partial charge in [-0.15, -0.1) is 0 Å². The minimum absolute atomic E-state index is 0.0710. The molecule has 1 aliphatic rings. The van der Waals surface area contributed by atoms with Gasteiger partial charge >= 0.3 is 0 Å². The number of hydrogen-bond acceptors (Lipinski definition) is 7. The Balaban J connectivity index is 2.01. The quantitative estimate of drug-likeness (QED) is 0.604. The Morgan fingerprint density at radius 1 is 1.44 bits per heavy atom. The highest BCUT2D eigenvalue weighted by Crippen LogP contribution is 2.34. The molecule has 1 aromatic carbocycles. The number of halogens is 1. The van der Waals surface area contributed by atoms with E-state index in [-0.39, 0.29) is 46.7 Å². The van der Waals surface area contributed by atoms with Crippen molar-refractivity contribution in [2.45, 2.75) is 26.1 Å². The largest absolute Gasteiger partial charge is 0.383 e. The molecule has 1 aliphatic heterocycles. The average molecular weight is 379 g/mol. The lowest BCUT2D eigenvalue weighted by atomic mass is 10.1. The Hall–Kier alpha value is -2.52. The lowest BCUT2D eigenvalue weighted by molar-refractivity contribution is -0.00543. The van der Waals surface area contributed by atoms with Gasteiger partial charge in [0.15, 0.2) is 17.8 Å². The first-order chi connectivity index (χ1) is 13.0. The Bertz CT molecular complexity index is 843. The molecule has 0 radical (unpaired) electrons. The van der Waals surface area contributed by atoms with Crippen LogP contribution < -0.4 is 10.2 Å². The van der Waals surface area contributed by atoms with Gasteiger partial charge in [-0.1, -0.05) is 5.16 Å². The molecule has 0 saturated carbocycles. The second kappa shape index (κ2) is 8.01. The molecule has 0 bridgehead atoms. The van der Waals surface area contributed by atoms with Crippen LogP contribution >= 0.6 is 0 Å².